The summed E-state index contributed by atoms with van der Waals surface area (Å²) in [6, 6.07) is 10.4. The molecule has 1 N–H and O–H groups in total. The van der Waals surface area contributed by atoms with E-state index in [4.69, 9.17) is 0 Å². The molecule has 2 rings (SSSR count). The van der Waals surface area contributed by atoms with E-state index in [2.05, 4.69) is 36.5 Å². The van der Waals surface area contributed by atoms with Crippen molar-refractivity contribution in [2.75, 3.05) is 13.1 Å². The fraction of sp³-hybridized carbons (Fsp3) is 0.611. The Bertz CT molecular complexity index is 407. The average molecular weight is 273 g/mol. The van der Waals surface area contributed by atoms with Crippen molar-refractivity contribution in [2.45, 2.75) is 57.3 Å². The van der Waals surface area contributed by atoms with Gasteiger partial charge in [0.25, 0.3) is 0 Å². The molecule has 0 saturated carbocycles. The molecule has 1 aliphatic rings. The van der Waals surface area contributed by atoms with Crippen molar-refractivity contribution < 1.29 is 4.79 Å². The number of piperidine rings is 1. The Morgan fingerprint density at radius 2 is 1.80 bits per heavy atom. The van der Waals surface area contributed by atoms with Gasteiger partial charge in [0.1, 0.15) is 5.78 Å². The molecule has 0 atom stereocenters. The summed E-state index contributed by atoms with van der Waals surface area (Å²) >= 11 is 0. The molecule has 0 radical (unpaired) electrons. The van der Waals surface area contributed by atoms with Gasteiger partial charge in [0.15, 0.2) is 0 Å². The third-order valence-corrected chi connectivity index (χ3v) is 4.57. The average Bonchev–Trinajstić information content (AvgIpc) is 2.53. The highest BCUT2D eigenvalue weighted by Gasteiger charge is 2.39. The highest BCUT2D eigenvalue weighted by atomic mass is 16.1. The molecule has 0 aliphatic carbocycles. The minimum atomic E-state index is -0.223. The van der Waals surface area contributed by atoms with Crippen LogP contribution in [0.15, 0.2) is 30.3 Å². The van der Waals surface area contributed by atoms with Crippen LogP contribution in [0.25, 0.3) is 0 Å². The van der Waals surface area contributed by atoms with Gasteiger partial charge in [-0.25, -0.2) is 0 Å². The molecule has 2 heteroatoms. The smallest absolute Gasteiger partial charge is 0.143 e. The van der Waals surface area contributed by atoms with E-state index >= 15 is 0 Å². The Morgan fingerprint density at radius 1 is 1.10 bits per heavy atom. The van der Waals surface area contributed by atoms with Crippen LogP contribution in [0, 0.1) is 0 Å². The fourth-order valence-electron chi connectivity index (χ4n) is 3.29. The number of benzene rings is 1. The van der Waals surface area contributed by atoms with Gasteiger partial charge in [0.05, 0.1) is 5.41 Å². The lowest BCUT2D eigenvalue weighted by Crippen LogP contribution is -2.45. The Balaban J connectivity index is 2.09. The summed E-state index contributed by atoms with van der Waals surface area (Å²) in [4.78, 5) is 12.9. The minimum absolute atomic E-state index is 0.223. The molecule has 0 amide bonds. The maximum atomic E-state index is 12.9. The molecular formula is C18H27NO. The van der Waals surface area contributed by atoms with Crippen LogP contribution in [0.2, 0.25) is 0 Å². The number of rotatable bonds is 7. The predicted molar refractivity (Wildman–Crippen MR) is 84.0 cm³/mol. The van der Waals surface area contributed by atoms with E-state index in [1.807, 2.05) is 6.07 Å². The van der Waals surface area contributed by atoms with Gasteiger partial charge < -0.3 is 5.32 Å². The molecule has 110 valence electrons. The third-order valence-electron chi connectivity index (χ3n) is 4.57. The van der Waals surface area contributed by atoms with Gasteiger partial charge in [-0.3, -0.25) is 4.79 Å². The summed E-state index contributed by atoms with van der Waals surface area (Å²) in [6.07, 6.45) is 7.34. The summed E-state index contributed by atoms with van der Waals surface area (Å²) < 4.78 is 0. The molecule has 1 aromatic carbocycles. The highest BCUT2D eigenvalue weighted by molar-refractivity contribution is 5.90. The van der Waals surface area contributed by atoms with Crippen LogP contribution in [-0.4, -0.2) is 18.9 Å². The van der Waals surface area contributed by atoms with E-state index in [-0.39, 0.29) is 5.41 Å². The van der Waals surface area contributed by atoms with Gasteiger partial charge in [-0.05, 0) is 37.9 Å². The zero-order valence-corrected chi connectivity index (χ0v) is 12.7. The van der Waals surface area contributed by atoms with Crippen molar-refractivity contribution in [2.24, 2.45) is 0 Å². The number of carbonyl (C=O) groups is 1. The van der Waals surface area contributed by atoms with Crippen LogP contribution in [0.4, 0.5) is 0 Å². The van der Waals surface area contributed by atoms with Gasteiger partial charge in [-0.15, -0.1) is 0 Å². The zero-order chi connectivity index (χ0) is 14.3. The molecule has 2 nitrogen and oxygen atoms in total. The van der Waals surface area contributed by atoms with Crippen LogP contribution in [0.5, 0.6) is 0 Å². The Hall–Kier alpha value is -1.15. The molecular weight excluding hydrogens is 246 g/mol. The van der Waals surface area contributed by atoms with Gasteiger partial charge in [-0.2, -0.15) is 0 Å². The van der Waals surface area contributed by atoms with Crippen LogP contribution < -0.4 is 5.32 Å². The zero-order valence-electron chi connectivity index (χ0n) is 12.7. The van der Waals surface area contributed by atoms with Gasteiger partial charge in [0, 0.05) is 6.42 Å². The van der Waals surface area contributed by atoms with E-state index in [9.17, 15) is 4.79 Å². The molecule has 0 unspecified atom stereocenters. The summed E-state index contributed by atoms with van der Waals surface area (Å²) in [7, 11) is 0. The number of hydrogen-bond acceptors (Lipinski definition) is 2. The molecule has 0 aromatic heterocycles. The normalized spacial score (nSPS) is 17.9. The van der Waals surface area contributed by atoms with E-state index in [0.29, 0.717) is 5.78 Å². The Kier molecular flexibility index (Phi) is 5.78. The van der Waals surface area contributed by atoms with Gasteiger partial charge in [0.2, 0.25) is 0 Å². The number of ketones is 1. The standard InChI is InChI=1S/C18H27NO/c1-2-3-4-8-11-17(20)18(12-14-19-15-13-18)16-9-6-5-7-10-16/h5-7,9-10,19H,2-4,8,11-15H2,1H3. The Morgan fingerprint density at radius 3 is 2.45 bits per heavy atom. The largest absolute Gasteiger partial charge is 0.317 e. The van der Waals surface area contributed by atoms with Crippen molar-refractivity contribution in [3.63, 3.8) is 0 Å². The quantitative estimate of drug-likeness (QED) is 0.765. The molecule has 1 heterocycles. The number of unbranched alkanes of at least 4 members (excludes halogenated alkanes) is 3. The van der Waals surface area contributed by atoms with Crippen molar-refractivity contribution in [3.8, 4) is 0 Å². The third kappa shape index (κ3) is 3.49. The molecule has 1 saturated heterocycles. The lowest BCUT2D eigenvalue weighted by atomic mass is 9.69. The maximum Gasteiger partial charge on any atom is 0.143 e. The first-order valence-corrected chi connectivity index (χ1v) is 8.09. The van der Waals surface area contributed by atoms with E-state index in [1.54, 1.807) is 0 Å². The topological polar surface area (TPSA) is 29.1 Å². The molecule has 1 aliphatic heterocycles. The van der Waals surface area contributed by atoms with E-state index < -0.39 is 0 Å². The summed E-state index contributed by atoms with van der Waals surface area (Å²) in [6.45, 7) is 4.12. The van der Waals surface area contributed by atoms with Crippen LogP contribution in [0.3, 0.4) is 0 Å². The lowest BCUT2D eigenvalue weighted by molar-refractivity contribution is -0.125. The number of Topliss-reactive ketones (excluding diaryl/α,β-unsaturated/α-hetero) is 1. The second-order valence-corrected chi connectivity index (χ2v) is 5.93. The first-order chi connectivity index (χ1) is 9.79. The summed E-state index contributed by atoms with van der Waals surface area (Å²) in [5, 5.41) is 3.39. The van der Waals surface area contributed by atoms with E-state index in [0.717, 1.165) is 38.8 Å². The summed E-state index contributed by atoms with van der Waals surface area (Å²) in [5.74, 6) is 0.460. The van der Waals surface area contributed by atoms with E-state index in [1.165, 1.54) is 24.8 Å². The first-order valence-electron chi connectivity index (χ1n) is 8.09. The number of hydrogen-bond donors (Lipinski definition) is 1. The SMILES string of the molecule is CCCCCCC(=O)C1(c2ccccc2)CCNCC1. The van der Waals surface area contributed by atoms with Crippen molar-refractivity contribution in [3.05, 3.63) is 35.9 Å². The van der Waals surface area contributed by atoms with Crippen molar-refractivity contribution in [1.82, 2.24) is 5.32 Å². The van der Waals surface area contributed by atoms with Crippen LogP contribution in [-0.2, 0) is 10.2 Å². The molecule has 1 aromatic rings. The maximum absolute atomic E-state index is 12.9. The molecule has 0 bridgehead atoms. The second kappa shape index (κ2) is 7.58. The van der Waals surface area contributed by atoms with Gasteiger partial charge >= 0.3 is 0 Å². The predicted octanol–water partition coefficient (Wildman–Crippen LogP) is 3.85. The van der Waals surface area contributed by atoms with Crippen molar-refractivity contribution >= 4 is 5.78 Å². The van der Waals surface area contributed by atoms with Crippen LogP contribution in [0.1, 0.15) is 57.4 Å². The lowest BCUT2D eigenvalue weighted by Gasteiger charge is -2.37. The number of carbonyl (C=O) groups excluding carboxylic acids is 1. The second-order valence-electron chi connectivity index (χ2n) is 5.93. The highest BCUT2D eigenvalue weighted by Crippen LogP contribution is 2.36. The number of nitrogens with one attached hydrogen (secondary N) is 1. The summed E-state index contributed by atoms with van der Waals surface area (Å²) in [5.41, 5.74) is 1.00. The minimum Gasteiger partial charge on any atom is -0.317 e. The molecule has 20 heavy (non-hydrogen) atoms. The van der Waals surface area contributed by atoms with Crippen molar-refractivity contribution in [1.29, 1.82) is 0 Å². The first kappa shape index (κ1) is 15.2. The fourth-order valence-corrected chi connectivity index (χ4v) is 3.29. The van der Waals surface area contributed by atoms with Crippen LogP contribution >= 0.6 is 0 Å². The molecule has 1 fully saturated rings. The molecule has 0 spiro atoms. The monoisotopic (exact) mass is 273 g/mol. The van der Waals surface area contributed by atoms with Gasteiger partial charge in [-0.1, -0.05) is 56.5 Å². The Labute approximate surface area is 123 Å².